The van der Waals surface area contributed by atoms with E-state index < -0.39 is 5.79 Å². The van der Waals surface area contributed by atoms with Crippen molar-refractivity contribution in [1.82, 2.24) is 0 Å². The fourth-order valence-corrected chi connectivity index (χ4v) is 13.3. The maximum Gasteiger partial charge on any atom is 0.215 e. The Bertz CT molecular complexity index is 1260. The lowest BCUT2D eigenvalue weighted by molar-refractivity contribution is -0.290. The summed E-state index contributed by atoms with van der Waals surface area (Å²) in [6, 6.07) is 4.96. The van der Waals surface area contributed by atoms with E-state index in [1.807, 2.05) is 0 Å². The topological polar surface area (TPSA) is 58.9 Å². The molecule has 1 spiro atoms. The Kier molecular flexibility index (Phi) is 5.48. The first-order valence-electron chi connectivity index (χ1n) is 17.5. The fourth-order valence-electron chi connectivity index (χ4n) is 13.3. The Morgan fingerprint density at radius 3 is 2.15 bits per heavy atom. The number of hydrogen-bond acceptors (Lipinski definition) is 4. The lowest BCUT2D eigenvalue weighted by Gasteiger charge is -2.61. The van der Waals surface area contributed by atoms with Gasteiger partial charge in [0.1, 0.15) is 5.75 Å². The zero-order valence-corrected chi connectivity index (χ0v) is 25.7. The third kappa shape index (κ3) is 3.40. The molecule has 6 unspecified atom stereocenters. The van der Waals surface area contributed by atoms with Crippen LogP contribution in [-0.4, -0.2) is 34.3 Å². The Morgan fingerprint density at radius 2 is 1.37 bits per heavy atom. The number of aliphatic hydroxyl groups excluding tert-OH is 2. The highest BCUT2D eigenvalue weighted by Gasteiger charge is 2.63. The van der Waals surface area contributed by atoms with Gasteiger partial charge in [-0.15, -0.1) is 0 Å². The number of hydrogen-bond donors (Lipinski definition) is 2. The molecule has 224 valence electrons. The molecule has 4 heteroatoms. The number of ether oxygens (including phenoxy) is 2. The van der Waals surface area contributed by atoms with Gasteiger partial charge in [0, 0.05) is 18.4 Å². The second kappa shape index (κ2) is 8.54. The molecule has 2 aliphatic heterocycles. The second-order valence-electron chi connectivity index (χ2n) is 17.1. The first-order valence-corrected chi connectivity index (χ1v) is 17.5. The predicted molar refractivity (Wildman–Crippen MR) is 159 cm³/mol. The van der Waals surface area contributed by atoms with Crippen molar-refractivity contribution >= 4 is 0 Å². The molecule has 13 atom stereocenters. The van der Waals surface area contributed by atoms with Crippen molar-refractivity contribution in [1.29, 1.82) is 0 Å². The Balaban J connectivity index is 0.954. The minimum Gasteiger partial charge on any atom is -0.462 e. The summed E-state index contributed by atoms with van der Waals surface area (Å²) in [6.07, 6.45) is 17.3. The molecule has 1 saturated heterocycles. The molecule has 9 rings (SSSR count). The summed E-state index contributed by atoms with van der Waals surface area (Å²) in [5.41, 5.74) is 5.02. The van der Waals surface area contributed by atoms with E-state index in [-0.39, 0.29) is 34.6 Å². The molecule has 0 radical (unpaired) electrons. The molecule has 41 heavy (non-hydrogen) atoms. The monoisotopic (exact) mass is 560 g/mol. The van der Waals surface area contributed by atoms with Crippen molar-refractivity contribution in [3.05, 3.63) is 28.8 Å². The summed E-state index contributed by atoms with van der Waals surface area (Å²) in [4.78, 5) is 0. The van der Waals surface area contributed by atoms with Gasteiger partial charge in [0.2, 0.25) is 5.79 Å². The molecule has 0 bridgehead atoms. The van der Waals surface area contributed by atoms with Crippen LogP contribution in [0.3, 0.4) is 0 Å². The van der Waals surface area contributed by atoms with Crippen molar-refractivity contribution in [2.24, 2.45) is 45.8 Å². The van der Waals surface area contributed by atoms with E-state index >= 15 is 0 Å². The molecule has 5 saturated carbocycles. The molecule has 1 aromatic carbocycles. The smallest absolute Gasteiger partial charge is 0.215 e. The molecule has 1 aromatic rings. The standard InChI is InChI=1S/C37H52O4/c1-34-14-12-23-24(27(34)7-9-31(34)38)5-4-21-19-30-22(18-26(21)23)20-37(40-30)17-16-36(3)29-13-15-35(2)28(8-10-32(35)39)25(29)6-11-33(36)41-37/h18-19,23-25,27-29,31-33,38-39H,4-17,20H2,1-3H3/t23?,24?,25?,27?,28?,29?,31-,32-,33+,34-,35-,36+,37+/m0/s1. The number of aliphatic hydroxyl groups is 2. The second-order valence-corrected chi connectivity index (χ2v) is 17.1. The molecule has 2 heterocycles. The lowest BCUT2D eigenvalue weighted by atomic mass is 9.48. The number of rotatable bonds is 0. The van der Waals surface area contributed by atoms with Gasteiger partial charge in [-0.3, -0.25) is 0 Å². The van der Waals surface area contributed by atoms with Crippen LogP contribution in [-0.2, 0) is 17.6 Å². The van der Waals surface area contributed by atoms with E-state index in [0.29, 0.717) is 17.8 Å². The van der Waals surface area contributed by atoms with Gasteiger partial charge in [-0.2, -0.15) is 0 Å². The van der Waals surface area contributed by atoms with Crippen molar-refractivity contribution in [2.75, 3.05) is 0 Å². The van der Waals surface area contributed by atoms with Crippen LogP contribution in [0.1, 0.15) is 127 Å². The number of fused-ring (bicyclic) bond motifs is 11. The average Bonchev–Trinajstić information content (AvgIpc) is 3.57. The van der Waals surface area contributed by atoms with Crippen LogP contribution in [0, 0.1) is 45.8 Å². The summed E-state index contributed by atoms with van der Waals surface area (Å²) in [6.45, 7) is 7.32. The minimum absolute atomic E-state index is 0.0979. The highest BCUT2D eigenvalue weighted by Crippen LogP contribution is 2.66. The maximum atomic E-state index is 10.8. The highest BCUT2D eigenvalue weighted by atomic mass is 16.7. The lowest BCUT2D eigenvalue weighted by Crippen LogP contribution is -2.60. The van der Waals surface area contributed by atoms with Crippen molar-refractivity contribution < 1.29 is 19.7 Å². The van der Waals surface area contributed by atoms with E-state index in [0.717, 1.165) is 62.0 Å². The van der Waals surface area contributed by atoms with Crippen LogP contribution in [0.15, 0.2) is 12.1 Å². The third-order valence-electron chi connectivity index (χ3n) is 15.7. The van der Waals surface area contributed by atoms with E-state index in [4.69, 9.17) is 9.47 Å². The number of benzene rings is 1. The van der Waals surface area contributed by atoms with Gasteiger partial charge in [0.15, 0.2) is 0 Å². The Labute approximate surface area is 247 Å². The van der Waals surface area contributed by atoms with E-state index in [1.54, 1.807) is 5.56 Å². The van der Waals surface area contributed by atoms with Crippen LogP contribution in [0.5, 0.6) is 5.75 Å². The number of aryl methyl sites for hydroxylation is 1. The van der Waals surface area contributed by atoms with Gasteiger partial charge >= 0.3 is 0 Å². The third-order valence-corrected chi connectivity index (χ3v) is 15.7. The summed E-state index contributed by atoms with van der Waals surface area (Å²) in [5.74, 6) is 4.86. The SMILES string of the molecule is C[C@]12CCC3c4cc5c(cc4CCC3C1CC[C@@H]2O)O[C@@]1(CC[C@]2(C)C3CC[C@@]4(C)C(CC[C@@H]4O)C3CC[C@H]2O1)C5. The largest absolute Gasteiger partial charge is 0.462 e. The normalized spacial score (nSPS) is 54.7. The molecular weight excluding hydrogens is 508 g/mol. The van der Waals surface area contributed by atoms with Crippen molar-refractivity contribution in [3.63, 3.8) is 0 Å². The van der Waals surface area contributed by atoms with Crippen LogP contribution < -0.4 is 4.74 Å². The van der Waals surface area contributed by atoms with Crippen molar-refractivity contribution in [2.45, 2.75) is 147 Å². The van der Waals surface area contributed by atoms with E-state index in [9.17, 15) is 10.2 Å². The maximum absolute atomic E-state index is 10.8. The molecular formula is C37H52O4. The Morgan fingerprint density at radius 1 is 0.659 bits per heavy atom. The predicted octanol–water partition coefficient (Wildman–Crippen LogP) is 7.32. The molecule has 6 aliphatic carbocycles. The molecule has 0 amide bonds. The van der Waals surface area contributed by atoms with Gasteiger partial charge in [0.25, 0.3) is 0 Å². The summed E-state index contributed by atoms with van der Waals surface area (Å²) >= 11 is 0. The first kappa shape index (κ1) is 26.3. The van der Waals surface area contributed by atoms with E-state index in [2.05, 4.69) is 32.9 Å². The molecule has 6 fully saturated rings. The van der Waals surface area contributed by atoms with Gasteiger partial charge < -0.3 is 19.7 Å². The summed E-state index contributed by atoms with van der Waals surface area (Å²) in [7, 11) is 0. The summed E-state index contributed by atoms with van der Waals surface area (Å²) in [5, 5.41) is 21.7. The first-order chi connectivity index (χ1) is 19.6. The molecule has 2 N–H and O–H groups in total. The zero-order chi connectivity index (χ0) is 27.9. The highest BCUT2D eigenvalue weighted by molar-refractivity contribution is 5.49. The van der Waals surface area contributed by atoms with Gasteiger partial charge in [0.05, 0.1) is 18.3 Å². The minimum atomic E-state index is -0.476. The molecule has 0 aromatic heterocycles. The molecule has 8 aliphatic rings. The van der Waals surface area contributed by atoms with Gasteiger partial charge in [-0.25, -0.2) is 0 Å². The fraction of sp³-hybridized carbons (Fsp3) is 0.838. The average molecular weight is 561 g/mol. The molecule has 4 nitrogen and oxygen atoms in total. The van der Waals surface area contributed by atoms with Gasteiger partial charge in [-0.1, -0.05) is 26.8 Å². The summed E-state index contributed by atoms with van der Waals surface area (Å²) < 4.78 is 14.1. The van der Waals surface area contributed by atoms with Crippen molar-refractivity contribution in [3.8, 4) is 5.75 Å². The zero-order valence-electron chi connectivity index (χ0n) is 25.7. The van der Waals surface area contributed by atoms with Gasteiger partial charge in [-0.05, 0) is 152 Å². The van der Waals surface area contributed by atoms with Crippen LogP contribution in [0.25, 0.3) is 0 Å². The van der Waals surface area contributed by atoms with Crippen LogP contribution in [0.2, 0.25) is 0 Å². The quantitative estimate of drug-likeness (QED) is 0.349. The van der Waals surface area contributed by atoms with Crippen LogP contribution in [0.4, 0.5) is 0 Å². The Hall–Kier alpha value is -1.10. The van der Waals surface area contributed by atoms with E-state index in [1.165, 1.54) is 68.9 Å². The van der Waals surface area contributed by atoms with Crippen LogP contribution >= 0.6 is 0 Å².